The van der Waals surface area contributed by atoms with Crippen molar-refractivity contribution in [3.63, 3.8) is 0 Å². The third kappa shape index (κ3) is 3.20. The van der Waals surface area contributed by atoms with Crippen LogP contribution < -0.4 is 0 Å². The summed E-state index contributed by atoms with van der Waals surface area (Å²) >= 11 is 0. The molecule has 0 radical (unpaired) electrons. The summed E-state index contributed by atoms with van der Waals surface area (Å²) in [5, 5.41) is 0.893. The number of benzene rings is 2. The van der Waals surface area contributed by atoms with Gasteiger partial charge in [0.2, 0.25) is 0 Å². The molecule has 4 nitrogen and oxygen atoms in total. The van der Waals surface area contributed by atoms with Crippen LogP contribution in [-0.4, -0.2) is 41.1 Å². The van der Waals surface area contributed by atoms with Gasteiger partial charge in [0, 0.05) is 24.0 Å². The van der Waals surface area contributed by atoms with Crippen LogP contribution in [0.4, 0.5) is 0 Å². The summed E-state index contributed by atoms with van der Waals surface area (Å²) in [5.74, 6) is 0.0442. The lowest BCUT2D eigenvalue weighted by molar-refractivity contribution is -0.0585. The predicted octanol–water partition coefficient (Wildman–Crippen LogP) is 4.15. The quantitative estimate of drug-likeness (QED) is 0.700. The molecule has 0 unspecified atom stereocenters. The molecule has 132 valence electrons. The van der Waals surface area contributed by atoms with Crippen LogP contribution in [-0.2, 0) is 4.74 Å². The number of fused-ring (bicyclic) bond motifs is 1. The molecule has 2 aromatic carbocycles. The van der Waals surface area contributed by atoms with Gasteiger partial charge in [-0.1, -0.05) is 48.5 Å². The van der Waals surface area contributed by atoms with E-state index < -0.39 is 0 Å². The molecule has 1 aromatic heterocycles. The van der Waals surface area contributed by atoms with E-state index in [1.54, 1.807) is 0 Å². The average Bonchev–Trinajstić information content (AvgIpc) is 2.66. The van der Waals surface area contributed by atoms with Gasteiger partial charge in [0.25, 0.3) is 5.91 Å². The van der Waals surface area contributed by atoms with Crippen molar-refractivity contribution < 1.29 is 9.53 Å². The van der Waals surface area contributed by atoms with Gasteiger partial charge in [-0.2, -0.15) is 0 Å². The second kappa shape index (κ2) is 6.89. The molecule has 0 N–H and O–H groups in total. The van der Waals surface area contributed by atoms with Gasteiger partial charge in [0.1, 0.15) is 0 Å². The number of para-hydroxylation sites is 1. The molecule has 0 spiro atoms. The number of pyridine rings is 1. The van der Waals surface area contributed by atoms with Crippen molar-refractivity contribution in [1.29, 1.82) is 0 Å². The maximum Gasteiger partial charge on any atom is 0.254 e. The predicted molar refractivity (Wildman–Crippen MR) is 103 cm³/mol. The Labute approximate surface area is 153 Å². The van der Waals surface area contributed by atoms with Gasteiger partial charge in [0.05, 0.1) is 29.0 Å². The molecule has 0 bridgehead atoms. The molecule has 26 heavy (non-hydrogen) atoms. The van der Waals surface area contributed by atoms with Crippen molar-refractivity contribution in [2.75, 3.05) is 13.1 Å². The summed E-state index contributed by atoms with van der Waals surface area (Å²) in [6, 6.07) is 19.7. The monoisotopic (exact) mass is 346 g/mol. The van der Waals surface area contributed by atoms with Crippen molar-refractivity contribution in [3.8, 4) is 11.3 Å². The molecule has 4 heteroatoms. The molecule has 1 fully saturated rings. The molecular weight excluding hydrogens is 324 g/mol. The minimum absolute atomic E-state index is 0.0442. The molecule has 1 amide bonds. The first-order chi connectivity index (χ1) is 12.6. The topological polar surface area (TPSA) is 42.4 Å². The minimum Gasteiger partial charge on any atom is -0.372 e. The fourth-order valence-corrected chi connectivity index (χ4v) is 3.62. The maximum atomic E-state index is 13.3. The Balaban J connectivity index is 1.81. The highest BCUT2D eigenvalue weighted by Gasteiger charge is 2.28. The number of rotatable bonds is 2. The maximum absolute atomic E-state index is 13.3. The van der Waals surface area contributed by atoms with E-state index in [9.17, 15) is 4.79 Å². The fraction of sp³-hybridized carbons (Fsp3) is 0.273. The van der Waals surface area contributed by atoms with E-state index in [2.05, 4.69) is 0 Å². The van der Waals surface area contributed by atoms with Crippen LogP contribution >= 0.6 is 0 Å². The second-order valence-electron chi connectivity index (χ2n) is 6.91. The lowest BCUT2D eigenvalue weighted by atomic mass is 10.0. The fourth-order valence-electron chi connectivity index (χ4n) is 3.62. The summed E-state index contributed by atoms with van der Waals surface area (Å²) in [5.41, 5.74) is 3.38. The van der Waals surface area contributed by atoms with Gasteiger partial charge in [-0.25, -0.2) is 4.98 Å². The van der Waals surface area contributed by atoms with Crippen LogP contribution in [0.25, 0.3) is 22.2 Å². The zero-order valence-corrected chi connectivity index (χ0v) is 15.1. The van der Waals surface area contributed by atoms with Gasteiger partial charge in [0.15, 0.2) is 0 Å². The number of ether oxygens (including phenoxy) is 1. The number of morpholine rings is 1. The van der Waals surface area contributed by atoms with E-state index in [1.165, 1.54) is 0 Å². The van der Waals surface area contributed by atoms with Gasteiger partial charge in [-0.05, 0) is 26.0 Å². The smallest absolute Gasteiger partial charge is 0.254 e. The molecule has 1 aliphatic rings. The molecule has 0 saturated carbocycles. The zero-order valence-electron chi connectivity index (χ0n) is 15.1. The van der Waals surface area contributed by atoms with Crippen molar-refractivity contribution in [3.05, 3.63) is 66.2 Å². The Hall–Kier alpha value is -2.72. The molecule has 1 aliphatic heterocycles. The average molecular weight is 346 g/mol. The summed E-state index contributed by atoms with van der Waals surface area (Å²) in [6.07, 6.45) is 0.0915. The zero-order chi connectivity index (χ0) is 18.1. The lowest BCUT2D eigenvalue weighted by Crippen LogP contribution is -2.48. The van der Waals surface area contributed by atoms with E-state index >= 15 is 0 Å². The van der Waals surface area contributed by atoms with E-state index in [0.717, 1.165) is 22.2 Å². The first kappa shape index (κ1) is 16.7. The van der Waals surface area contributed by atoms with Crippen LogP contribution in [0.1, 0.15) is 24.2 Å². The summed E-state index contributed by atoms with van der Waals surface area (Å²) < 4.78 is 5.78. The number of hydrogen-bond acceptors (Lipinski definition) is 3. The lowest BCUT2D eigenvalue weighted by Gasteiger charge is -2.35. The van der Waals surface area contributed by atoms with Crippen LogP contribution in [0, 0.1) is 0 Å². The first-order valence-corrected chi connectivity index (χ1v) is 9.02. The van der Waals surface area contributed by atoms with Crippen LogP contribution in [0.5, 0.6) is 0 Å². The van der Waals surface area contributed by atoms with Gasteiger partial charge >= 0.3 is 0 Å². The molecule has 3 aromatic rings. The Morgan fingerprint density at radius 1 is 1.00 bits per heavy atom. The number of carbonyl (C=O) groups is 1. The Kier molecular flexibility index (Phi) is 4.43. The number of carbonyl (C=O) groups excluding carboxylic acids is 1. The third-order valence-corrected chi connectivity index (χ3v) is 4.72. The third-order valence-electron chi connectivity index (χ3n) is 4.72. The SMILES string of the molecule is C[C@@H]1CN(C(=O)c2cc(-c3ccccc3)nc3ccccc23)C[C@H](C)O1. The van der Waals surface area contributed by atoms with Crippen molar-refractivity contribution in [1.82, 2.24) is 9.88 Å². The molecular formula is C22H22N2O2. The standard InChI is InChI=1S/C22H22N2O2/c1-15-13-24(14-16(2)26-15)22(25)19-12-21(17-8-4-3-5-9-17)23-20-11-7-6-10-18(19)20/h3-12,15-16H,13-14H2,1-2H3/t15-,16+. The number of amides is 1. The molecule has 4 rings (SSSR count). The van der Waals surface area contributed by atoms with Crippen molar-refractivity contribution >= 4 is 16.8 Å². The van der Waals surface area contributed by atoms with Crippen LogP contribution in [0.3, 0.4) is 0 Å². The molecule has 2 heterocycles. The van der Waals surface area contributed by atoms with E-state index in [1.807, 2.05) is 79.4 Å². The van der Waals surface area contributed by atoms with Crippen molar-refractivity contribution in [2.45, 2.75) is 26.1 Å². The van der Waals surface area contributed by atoms with E-state index in [-0.39, 0.29) is 18.1 Å². The highest BCUT2D eigenvalue weighted by molar-refractivity contribution is 6.07. The van der Waals surface area contributed by atoms with Crippen molar-refractivity contribution in [2.24, 2.45) is 0 Å². The number of hydrogen-bond donors (Lipinski definition) is 0. The first-order valence-electron chi connectivity index (χ1n) is 9.02. The second-order valence-corrected chi connectivity index (χ2v) is 6.91. The largest absolute Gasteiger partial charge is 0.372 e. The van der Waals surface area contributed by atoms with Crippen LogP contribution in [0.2, 0.25) is 0 Å². The number of nitrogens with zero attached hydrogens (tertiary/aromatic N) is 2. The van der Waals surface area contributed by atoms with Gasteiger partial charge in [-0.3, -0.25) is 4.79 Å². The molecule has 2 atom stereocenters. The Bertz CT molecular complexity index is 929. The van der Waals surface area contributed by atoms with Gasteiger partial charge in [-0.15, -0.1) is 0 Å². The highest BCUT2D eigenvalue weighted by atomic mass is 16.5. The van der Waals surface area contributed by atoms with Gasteiger partial charge < -0.3 is 9.64 Å². The molecule has 0 aliphatic carbocycles. The van der Waals surface area contributed by atoms with Crippen LogP contribution in [0.15, 0.2) is 60.7 Å². The summed E-state index contributed by atoms with van der Waals surface area (Å²) in [4.78, 5) is 20.0. The summed E-state index contributed by atoms with van der Waals surface area (Å²) in [6.45, 7) is 5.24. The Morgan fingerprint density at radius 2 is 1.65 bits per heavy atom. The highest BCUT2D eigenvalue weighted by Crippen LogP contribution is 2.26. The number of aromatic nitrogens is 1. The van der Waals surface area contributed by atoms with E-state index in [0.29, 0.717) is 18.7 Å². The van der Waals surface area contributed by atoms with E-state index in [4.69, 9.17) is 9.72 Å². The molecule has 1 saturated heterocycles. The summed E-state index contributed by atoms with van der Waals surface area (Å²) in [7, 11) is 0. The normalized spacial score (nSPS) is 20.3. The Morgan fingerprint density at radius 3 is 2.38 bits per heavy atom. The minimum atomic E-state index is 0.0442.